The Morgan fingerprint density at radius 2 is 1.07 bits per heavy atom. The average Bonchev–Trinajstić information content (AvgIpc) is 3.41. The van der Waals surface area contributed by atoms with Crippen molar-refractivity contribution in [1.82, 2.24) is 0 Å². The molecule has 418 valence electrons. The van der Waals surface area contributed by atoms with Gasteiger partial charge in [0.2, 0.25) is 18.9 Å². The molecule has 18 N–H and O–H groups in total. The lowest BCUT2D eigenvalue weighted by Gasteiger charge is -2.46. The number of carbonyl (C=O) groups is 1. The maximum Gasteiger partial charge on any atom is 0.330 e. The molecular weight excluding hydrogens is 1020 g/mol. The highest BCUT2D eigenvalue weighted by molar-refractivity contribution is 5.87. The molecule has 5 aliphatic rings. The summed E-state index contributed by atoms with van der Waals surface area (Å²) < 4.78 is 56.2. The summed E-state index contributed by atoms with van der Waals surface area (Å²) in [6, 6.07) is 11.6. The van der Waals surface area contributed by atoms with E-state index >= 15 is 0 Å². The number of hydrogen-bond acceptors (Lipinski definition) is 27. The molecule has 76 heavy (non-hydrogen) atoms. The first kappa shape index (κ1) is 56.6. The van der Waals surface area contributed by atoms with Crippen LogP contribution in [-0.4, -0.2) is 247 Å². The minimum absolute atomic E-state index is 0.0244. The number of ether oxygens (including phenoxy) is 10. The number of aliphatic hydroxyl groups is 15. The van der Waals surface area contributed by atoms with Crippen molar-refractivity contribution in [2.24, 2.45) is 0 Å². The molecule has 3 aromatic rings. The molecule has 0 bridgehead atoms. The summed E-state index contributed by atoms with van der Waals surface area (Å²) in [5.74, 6) is -2.77. The van der Waals surface area contributed by atoms with Crippen LogP contribution in [0, 0.1) is 0 Å². The SMILES string of the molecule is O=C(/C=C/c1ccc(O)c(O[C@@H]2O[C@H](CO)[C@@H](O)[C@H](O)[C@@H]2O)c1)OC[C@H]1O[C@@H](O[C@H]2[C@H](OC3=Cc4c(O[C@@H]5O[C@@H](CO)[C@@H](O)[C@H](O)[C@H]5O)cc(O)cc4[OH+]C3c3ccc(O)cc3)O[C@H](CO)[C@@H](O)[C@@H]2O)[C@H](O)[C@@H](O)[C@@H]1O. The van der Waals surface area contributed by atoms with Gasteiger partial charge >= 0.3 is 5.97 Å². The number of aliphatic hydroxyl groups excluding tert-OH is 14. The second-order valence-corrected chi connectivity index (χ2v) is 18.3. The topological polar surface area (TPSA) is 457 Å². The van der Waals surface area contributed by atoms with Gasteiger partial charge in [-0.25, -0.2) is 4.79 Å². The Balaban J connectivity index is 1.00. The van der Waals surface area contributed by atoms with Crippen molar-refractivity contribution < 1.29 is 139 Å². The summed E-state index contributed by atoms with van der Waals surface area (Å²) in [6.45, 7) is -3.23. The van der Waals surface area contributed by atoms with Gasteiger partial charge in [-0.15, -0.1) is 0 Å². The molecule has 28 heteroatoms. The van der Waals surface area contributed by atoms with E-state index in [1.165, 1.54) is 54.6 Å². The highest BCUT2D eigenvalue weighted by Gasteiger charge is 2.53. The third-order valence-electron chi connectivity index (χ3n) is 13.1. The van der Waals surface area contributed by atoms with Crippen molar-refractivity contribution in [2.75, 3.05) is 26.4 Å². The molecule has 8 rings (SSSR count). The summed E-state index contributed by atoms with van der Waals surface area (Å²) in [6.07, 6.45) is -33.7. The van der Waals surface area contributed by atoms with Crippen LogP contribution in [0.2, 0.25) is 0 Å². The van der Waals surface area contributed by atoms with Crippen LogP contribution in [0.3, 0.4) is 0 Å². The Labute approximate surface area is 429 Å². The first-order valence-corrected chi connectivity index (χ1v) is 23.6. The van der Waals surface area contributed by atoms with E-state index in [1.807, 2.05) is 0 Å². The molecule has 4 fully saturated rings. The third-order valence-corrected chi connectivity index (χ3v) is 13.1. The average molecular weight is 1080 g/mol. The normalized spacial score (nSPS) is 37.6. The monoisotopic (exact) mass is 1080 g/mol. The van der Waals surface area contributed by atoms with Crippen molar-refractivity contribution >= 4 is 18.1 Å². The van der Waals surface area contributed by atoms with Gasteiger partial charge in [-0.2, -0.15) is 0 Å². The van der Waals surface area contributed by atoms with E-state index < -0.39 is 173 Å². The zero-order valence-electron chi connectivity index (χ0n) is 39.5. The standard InChI is InChI=1S/C48H58O28/c49-13-27-32(56)36(60)40(64)45(72-27)69-24-11-20(53)10-23-21(24)12-26(43(68-23)18-3-5-19(52)6-4-18)71-48-44(39(63)34(58)29(15-51)74-48)76-47-42(66)38(62)35(59)30(75-47)16-67-31(55)8-2-17-1-7-22(54)25(9-17)70-46-41(65)37(61)33(57)28(14-50)73-46/h1-12,27-30,32-54,56-66H,13-16H2/p+1/b8-2+/t27-,28+,29+,30+,32+,33+,34+,35+,36-,37-,38-,39-,40+,41-,42+,43?,44+,45+,46+,47-,48+/m0/s1. The Morgan fingerprint density at radius 3 is 1.66 bits per heavy atom. The summed E-state index contributed by atoms with van der Waals surface area (Å²) in [5, 5.41) is 178. The van der Waals surface area contributed by atoms with Crippen molar-refractivity contribution in [3.05, 3.63) is 83.1 Å². The maximum atomic E-state index is 12.9. The molecule has 28 nitrogen and oxygen atoms in total. The lowest BCUT2D eigenvalue weighted by molar-refractivity contribution is -0.364. The Morgan fingerprint density at radius 1 is 0.539 bits per heavy atom. The molecule has 5 aliphatic heterocycles. The highest BCUT2D eigenvalue weighted by Crippen LogP contribution is 2.47. The zero-order valence-corrected chi connectivity index (χ0v) is 39.5. The molecule has 1 unspecified atom stereocenters. The number of phenols is 3. The second kappa shape index (κ2) is 24.0. The van der Waals surface area contributed by atoms with Gasteiger partial charge in [-0.05, 0) is 48.0 Å². The minimum atomic E-state index is -2.10. The van der Waals surface area contributed by atoms with Crippen molar-refractivity contribution in [3.8, 4) is 34.5 Å². The molecular formula is C48H59O28+. The molecule has 0 radical (unpaired) electrons. The Bertz CT molecular complexity index is 2510. The molecule has 3 aromatic carbocycles. The molecule has 0 aliphatic carbocycles. The molecule has 4 saturated heterocycles. The number of phenolic OH excluding ortho intramolecular Hbond substituents is 3. The molecule has 0 aromatic heterocycles. The molecule has 21 atom stereocenters. The highest BCUT2D eigenvalue weighted by atomic mass is 16.8. The first-order chi connectivity index (χ1) is 36.2. The fraction of sp³-hybridized carbons (Fsp3) is 0.521. The Hall–Kier alpha value is -5.55. The van der Waals surface area contributed by atoms with Crippen LogP contribution in [-0.2, 0) is 38.0 Å². The molecule has 5 heterocycles. The van der Waals surface area contributed by atoms with Gasteiger partial charge in [0.05, 0.1) is 31.5 Å². The number of benzene rings is 3. The van der Waals surface area contributed by atoms with Crippen LogP contribution < -0.4 is 9.47 Å². The number of aromatic hydroxyl groups is 4. The van der Waals surface area contributed by atoms with E-state index in [4.69, 9.17) is 47.4 Å². The van der Waals surface area contributed by atoms with Gasteiger partial charge in [-0.1, -0.05) is 6.07 Å². The van der Waals surface area contributed by atoms with Crippen molar-refractivity contribution in [2.45, 2.75) is 129 Å². The van der Waals surface area contributed by atoms with Crippen LogP contribution in [0.1, 0.15) is 22.8 Å². The number of carbonyl (C=O) groups excluding carboxylic acids is 1. The molecule has 0 amide bonds. The van der Waals surface area contributed by atoms with Crippen LogP contribution in [0.5, 0.6) is 34.5 Å². The number of hydrogen-bond donors (Lipinski definition) is 17. The lowest BCUT2D eigenvalue weighted by atomic mass is 9.97. The summed E-state index contributed by atoms with van der Waals surface area (Å²) in [7, 11) is 0. The molecule has 0 saturated carbocycles. The van der Waals surface area contributed by atoms with Crippen LogP contribution in [0.4, 0.5) is 0 Å². The van der Waals surface area contributed by atoms with Crippen molar-refractivity contribution in [3.63, 3.8) is 0 Å². The van der Waals surface area contributed by atoms with Crippen LogP contribution >= 0.6 is 0 Å². The van der Waals surface area contributed by atoms with Crippen molar-refractivity contribution in [1.29, 1.82) is 0 Å². The van der Waals surface area contributed by atoms with Gasteiger partial charge in [0.25, 0.3) is 11.9 Å². The fourth-order valence-electron chi connectivity index (χ4n) is 8.80. The summed E-state index contributed by atoms with van der Waals surface area (Å²) in [5.41, 5.74) is 0.561. The van der Waals surface area contributed by atoms with E-state index in [9.17, 15) is 91.6 Å². The first-order valence-electron chi connectivity index (χ1n) is 23.6. The second-order valence-electron chi connectivity index (χ2n) is 18.3. The third kappa shape index (κ3) is 11.9. The Kier molecular flexibility index (Phi) is 17.9. The van der Waals surface area contributed by atoms with Gasteiger partial charge in [0.1, 0.15) is 121 Å². The lowest BCUT2D eigenvalue weighted by Crippen LogP contribution is -2.64. The fourth-order valence-corrected chi connectivity index (χ4v) is 8.80. The van der Waals surface area contributed by atoms with E-state index in [1.54, 1.807) is 0 Å². The predicted octanol–water partition coefficient (Wildman–Crippen LogP) is -5.60. The predicted molar refractivity (Wildman–Crippen MR) is 246 cm³/mol. The number of esters is 1. The van der Waals surface area contributed by atoms with E-state index in [0.29, 0.717) is 5.56 Å². The quantitative estimate of drug-likeness (QED) is 0.0361. The van der Waals surface area contributed by atoms with E-state index in [-0.39, 0.29) is 39.9 Å². The zero-order chi connectivity index (χ0) is 54.9. The largest absolute Gasteiger partial charge is 0.571 e. The van der Waals surface area contributed by atoms with Gasteiger partial charge in [0.15, 0.2) is 29.7 Å². The van der Waals surface area contributed by atoms with Gasteiger partial charge in [0, 0.05) is 18.2 Å². The van der Waals surface area contributed by atoms with Gasteiger partial charge in [-0.3, -0.25) is 0 Å². The number of rotatable bonds is 16. The smallest absolute Gasteiger partial charge is 0.330 e. The summed E-state index contributed by atoms with van der Waals surface area (Å²) in [4.78, 5) is 12.9. The van der Waals surface area contributed by atoms with Crippen LogP contribution in [0.15, 0.2) is 66.4 Å². The summed E-state index contributed by atoms with van der Waals surface area (Å²) >= 11 is 0. The number of fused-ring (bicyclic) bond motifs is 1. The maximum absolute atomic E-state index is 12.9. The van der Waals surface area contributed by atoms with Crippen LogP contribution in [0.25, 0.3) is 12.2 Å². The minimum Gasteiger partial charge on any atom is -0.571 e. The molecule has 0 spiro atoms. The van der Waals surface area contributed by atoms with E-state index in [2.05, 4.69) is 0 Å². The van der Waals surface area contributed by atoms with E-state index in [0.717, 1.165) is 18.2 Å². The van der Waals surface area contributed by atoms with Gasteiger partial charge < -0.3 is 134 Å².